The van der Waals surface area contributed by atoms with Crippen molar-refractivity contribution in [2.75, 3.05) is 11.4 Å². The highest BCUT2D eigenvalue weighted by Crippen LogP contribution is 2.26. The van der Waals surface area contributed by atoms with Gasteiger partial charge in [-0.15, -0.1) is 0 Å². The number of aryl methyl sites for hydroxylation is 1. The molecule has 0 spiro atoms. The lowest BCUT2D eigenvalue weighted by molar-refractivity contribution is -0.129. The van der Waals surface area contributed by atoms with E-state index in [2.05, 4.69) is 11.8 Å². The minimum atomic E-state index is -0.125. The largest absolute Gasteiger partial charge is 0.320 e. The topological polar surface area (TPSA) is 63.4 Å². The smallest absolute Gasteiger partial charge is 0.233 e. The van der Waals surface area contributed by atoms with Crippen molar-refractivity contribution in [1.82, 2.24) is 0 Å². The number of amides is 2. The molecule has 0 unspecified atom stereocenters. The van der Waals surface area contributed by atoms with Crippen molar-refractivity contribution < 1.29 is 9.59 Å². The van der Waals surface area contributed by atoms with Crippen LogP contribution >= 0.6 is 0 Å². The van der Waals surface area contributed by atoms with Gasteiger partial charge in [0, 0.05) is 18.4 Å². The van der Waals surface area contributed by atoms with Crippen molar-refractivity contribution in [2.24, 2.45) is 5.73 Å². The summed E-state index contributed by atoms with van der Waals surface area (Å²) < 4.78 is 0. The predicted octanol–water partition coefficient (Wildman–Crippen LogP) is 1.35. The molecule has 2 N–H and O–H groups in total. The molecule has 1 heterocycles. The maximum Gasteiger partial charge on any atom is 0.233 e. The molecule has 98 valence electrons. The van der Waals surface area contributed by atoms with Crippen molar-refractivity contribution in [3.05, 3.63) is 29.3 Å². The third-order valence-corrected chi connectivity index (χ3v) is 3.05. The van der Waals surface area contributed by atoms with Gasteiger partial charge in [0.05, 0.1) is 12.2 Å². The number of hydrogen-bond donors (Lipinski definition) is 1. The Labute approximate surface area is 112 Å². The molecular formula is C15H16N2O2. The molecule has 0 radical (unpaired) electrons. The molecule has 2 amide bonds. The van der Waals surface area contributed by atoms with Crippen LogP contribution in [-0.4, -0.2) is 18.4 Å². The predicted molar refractivity (Wildman–Crippen MR) is 73.5 cm³/mol. The van der Waals surface area contributed by atoms with Crippen LogP contribution in [0.15, 0.2) is 18.2 Å². The van der Waals surface area contributed by atoms with Gasteiger partial charge in [0.25, 0.3) is 0 Å². The molecule has 0 atom stereocenters. The molecule has 4 heteroatoms. The van der Waals surface area contributed by atoms with Gasteiger partial charge < -0.3 is 5.73 Å². The maximum absolute atomic E-state index is 11.9. The lowest BCUT2D eigenvalue weighted by Crippen LogP contribution is -2.40. The summed E-state index contributed by atoms with van der Waals surface area (Å²) >= 11 is 0. The van der Waals surface area contributed by atoms with Crippen LogP contribution in [0.25, 0.3) is 0 Å². The molecule has 0 aromatic heterocycles. The fourth-order valence-corrected chi connectivity index (χ4v) is 2.16. The van der Waals surface area contributed by atoms with Gasteiger partial charge >= 0.3 is 0 Å². The van der Waals surface area contributed by atoms with E-state index in [1.807, 2.05) is 13.0 Å². The Balaban J connectivity index is 2.35. The number of piperidine rings is 1. The Morgan fingerprint density at radius 2 is 1.95 bits per heavy atom. The Morgan fingerprint density at radius 3 is 2.53 bits per heavy atom. The van der Waals surface area contributed by atoms with Gasteiger partial charge in [0.1, 0.15) is 0 Å². The third kappa shape index (κ3) is 2.83. The molecule has 1 aromatic carbocycles. The molecule has 0 saturated carbocycles. The van der Waals surface area contributed by atoms with Crippen LogP contribution in [0, 0.1) is 18.8 Å². The van der Waals surface area contributed by atoms with Gasteiger partial charge in [-0.05, 0) is 37.1 Å². The van der Waals surface area contributed by atoms with Crippen LogP contribution in [0.1, 0.15) is 30.4 Å². The summed E-state index contributed by atoms with van der Waals surface area (Å²) in [5.41, 5.74) is 7.69. The van der Waals surface area contributed by atoms with E-state index in [1.165, 1.54) is 4.90 Å². The molecular weight excluding hydrogens is 240 g/mol. The first kappa shape index (κ1) is 13.3. The normalized spacial score (nSPS) is 15.2. The summed E-state index contributed by atoms with van der Waals surface area (Å²) in [6.45, 7) is 2.18. The maximum atomic E-state index is 11.9. The second kappa shape index (κ2) is 5.68. The number of carbonyl (C=O) groups excluding carboxylic acids is 2. The number of carbonyl (C=O) groups is 2. The van der Waals surface area contributed by atoms with Crippen LogP contribution in [0.4, 0.5) is 5.69 Å². The number of benzene rings is 1. The summed E-state index contributed by atoms with van der Waals surface area (Å²) in [6, 6.07) is 5.45. The molecule has 1 aliphatic heterocycles. The third-order valence-electron chi connectivity index (χ3n) is 3.05. The van der Waals surface area contributed by atoms with Crippen LogP contribution in [0.3, 0.4) is 0 Å². The van der Waals surface area contributed by atoms with E-state index in [-0.39, 0.29) is 11.8 Å². The first-order valence-electron chi connectivity index (χ1n) is 6.29. The van der Waals surface area contributed by atoms with Crippen molar-refractivity contribution in [3.63, 3.8) is 0 Å². The summed E-state index contributed by atoms with van der Waals surface area (Å²) in [6.07, 6.45) is 1.51. The minimum absolute atomic E-state index is 0.125. The van der Waals surface area contributed by atoms with Crippen molar-refractivity contribution >= 4 is 17.5 Å². The molecule has 2 rings (SSSR count). The number of rotatable bonds is 1. The quantitative estimate of drug-likeness (QED) is 0.609. The fourth-order valence-electron chi connectivity index (χ4n) is 2.16. The summed E-state index contributed by atoms with van der Waals surface area (Å²) in [5, 5.41) is 0. The average Bonchev–Trinajstić information content (AvgIpc) is 2.38. The fraction of sp³-hybridized carbons (Fsp3) is 0.333. The Bertz CT molecular complexity index is 566. The van der Waals surface area contributed by atoms with E-state index in [1.54, 1.807) is 12.1 Å². The Kier molecular flexibility index (Phi) is 3.98. The number of nitrogens with two attached hydrogens (primary N) is 1. The van der Waals surface area contributed by atoms with E-state index < -0.39 is 0 Å². The molecule has 1 fully saturated rings. The number of anilines is 1. The number of imide groups is 1. The van der Waals surface area contributed by atoms with Crippen molar-refractivity contribution in [3.8, 4) is 11.8 Å². The zero-order valence-corrected chi connectivity index (χ0v) is 10.9. The Hall–Kier alpha value is -2.12. The van der Waals surface area contributed by atoms with Gasteiger partial charge in [0.2, 0.25) is 11.8 Å². The van der Waals surface area contributed by atoms with Crippen molar-refractivity contribution in [2.45, 2.75) is 26.2 Å². The van der Waals surface area contributed by atoms with Gasteiger partial charge in [-0.3, -0.25) is 14.5 Å². The summed E-state index contributed by atoms with van der Waals surface area (Å²) in [7, 11) is 0. The molecule has 0 bridgehead atoms. The van der Waals surface area contributed by atoms with Crippen LogP contribution < -0.4 is 10.6 Å². The second-order valence-electron chi connectivity index (χ2n) is 4.48. The molecule has 1 aromatic rings. The highest BCUT2D eigenvalue weighted by molar-refractivity contribution is 6.16. The van der Waals surface area contributed by atoms with Crippen LogP contribution in [-0.2, 0) is 9.59 Å². The van der Waals surface area contributed by atoms with Gasteiger partial charge in [-0.1, -0.05) is 11.8 Å². The minimum Gasteiger partial charge on any atom is -0.320 e. The van der Waals surface area contributed by atoms with Gasteiger partial charge in [-0.25, -0.2) is 0 Å². The summed E-state index contributed by atoms with van der Waals surface area (Å²) in [5.74, 6) is 5.46. The van der Waals surface area contributed by atoms with E-state index in [4.69, 9.17) is 5.73 Å². The highest BCUT2D eigenvalue weighted by atomic mass is 16.2. The van der Waals surface area contributed by atoms with E-state index >= 15 is 0 Å². The standard InChI is InChI=1S/C15H16N2O2/c1-11-10-12(4-3-9-16)7-8-13(11)17-14(18)5-2-6-15(17)19/h7-8,10H,2,5-6,9,16H2,1H3. The van der Waals surface area contributed by atoms with Crippen molar-refractivity contribution in [1.29, 1.82) is 0 Å². The molecule has 1 aliphatic rings. The molecule has 1 saturated heterocycles. The first-order chi connectivity index (χ1) is 9.13. The average molecular weight is 256 g/mol. The van der Waals surface area contributed by atoms with E-state index in [0.29, 0.717) is 31.5 Å². The Morgan fingerprint density at radius 1 is 1.26 bits per heavy atom. The number of nitrogens with zero attached hydrogens (tertiary/aromatic N) is 1. The zero-order chi connectivity index (χ0) is 13.8. The lowest BCUT2D eigenvalue weighted by atomic mass is 10.0. The highest BCUT2D eigenvalue weighted by Gasteiger charge is 2.28. The second-order valence-corrected chi connectivity index (χ2v) is 4.48. The molecule has 19 heavy (non-hydrogen) atoms. The van der Waals surface area contributed by atoms with Gasteiger partial charge in [-0.2, -0.15) is 0 Å². The molecule has 0 aliphatic carbocycles. The monoisotopic (exact) mass is 256 g/mol. The number of hydrogen-bond acceptors (Lipinski definition) is 3. The van der Waals surface area contributed by atoms with E-state index in [0.717, 1.165) is 11.1 Å². The van der Waals surface area contributed by atoms with E-state index in [9.17, 15) is 9.59 Å². The lowest BCUT2D eigenvalue weighted by Gasteiger charge is -2.26. The molecule has 4 nitrogen and oxygen atoms in total. The summed E-state index contributed by atoms with van der Waals surface area (Å²) in [4.78, 5) is 25.0. The van der Waals surface area contributed by atoms with Crippen LogP contribution in [0.5, 0.6) is 0 Å². The SMILES string of the molecule is Cc1cc(C#CCN)ccc1N1C(=O)CCCC1=O. The first-order valence-corrected chi connectivity index (χ1v) is 6.29. The zero-order valence-electron chi connectivity index (χ0n) is 10.9. The van der Waals surface area contributed by atoms with Gasteiger partial charge in [0.15, 0.2) is 0 Å². The van der Waals surface area contributed by atoms with Crippen LogP contribution in [0.2, 0.25) is 0 Å².